The maximum absolute atomic E-state index is 14.8. The molecule has 10 nitrogen and oxygen atoms in total. The van der Waals surface area contributed by atoms with Gasteiger partial charge in [-0.3, -0.25) is 14.2 Å². The molecule has 2 fully saturated rings. The molecule has 38 heavy (non-hydrogen) atoms. The van der Waals surface area contributed by atoms with Gasteiger partial charge in [-0.05, 0) is 42.5 Å². The smallest absolute Gasteiger partial charge is 0.303 e. The number of anilines is 1. The summed E-state index contributed by atoms with van der Waals surface area (Å²) in [6.45, 7) is 5.64. The van der Waals surface area contributed by atoms with Crippen molar-refractivity contribution in [3.05, 3.63) is 46.8 Å². The Kier molecular flexibility index (Phi) is 6.03. The molecule has 1 aromatic carbocycles. The van der Waals surface area contributed by atoms with E-state index in [0.29, 0.717) is 36.5 Å². The van der Waals surface area contributed by atoms with E-state index in [4.69, 9.17) is 25.8 Å². The van der Waals surface area contributed by atoms with E-state index in [0.717, 1.165) is 24.0 Å². The molecule has 1 unspecified atom stereocenters. The van der Waals surface area contributed by atoms with Crippen LogP contribution in [0.3, 0.4) is 0 Å². The van der Waals surface area contributed by atoms with Crippen molar-refractivity contribution in [2.24, 2.45) is 0 Å². The van der Waals surface area contributed by atoms with E-state index in [-0.39, 0.29) is 16.5 Å². The lowest BCUT2D eigenvalue weighted by Crippen LogP contribution is -2.59. The van der Waals surface area contributed by atoms with Crippen LogP contribution in [0, 0.1) is 5.82 Å². The number of ether oxygens (including phenoxy) is 3. The molecule has 0 radical (unpaired) electrons. The van der Waals surface area contributed by atoms with Crippen molar-refractivity contribution >= 4 is 40.5 Å². The molecule has 0 N–H and O–H groups in total. The fourth-order valence-corrected chi connectivity index (χ4v) is 6.37. The van der Waals surface area contributed by atoms with Gasteiger partial charge in [0.05, 0.1) is 6.33 Å². The summed E-state index contributed by atoms with van der Waals surface area (Å²) < 4.78 is 33.7. The van der Waals surface area contributed by atoms with Crippen molar-refractivity contribution in [2.75, 3.05) is 18.0 Å². The van der Waals surface area contributed by atoms with E-state index in [1.807, 2.05) is 17.9 Å². The average molecular weight is 544 g/mol. The fourth-order valence-electron chi connectivity index (χ4n) is 6.21. The van der Waals surface area contributed by atoms with Crippen LogP contribution in [0.1, 0.15) is 51.0 Å². The van der Waals surface area contributed by atoms with Crippen LogP contribution in [-0.4, -0.2) is 62.9 Å². The monoisotopic (exact) mass is 543 g/mol. The van der Waals surface area contributed by atoms with Gasteiger partial charge in [-0.25, -0.2) is 9.37 Å². The van der Waals surface area contributed by atoms with Crippen LogP contribution in [0.5, 0.6) is 0 Å². The molecule has 2 saturated heterocycles. The SMILES string of the molecule is CC[C@H]1O[C@@H](n2cnc3c(N4CC5(CCc6cccc(F)c65)C4)nc(Cl)nc32)[C@@H](OC(C)=O)C1OC(C)=O. The molecule has 0 saturated carbocycles. The first-order valence-electron chi connectivity index (χ1n) is 12.6. The molecular formula is C26H27ClFN5O5. The number of halogens is 2. The molecule has 1 aliphatic carbocycles. The van der Waals surface area contributed by atoms with Crippen LogP contribution in [0.2, 0.25) is 5.28 Å². The summed E-state index contributed by atoms with van der Waals surface area (Å²) in [6, 6.07) is 5.27. The van der Waals surface area contributed by atoms with Crippen LogP contribution < -0.4 is 4.90 Å². The third-order valence-corrected chi connectivity index (χ3v) is 7.90. The Bertz CT molecular complexity index is 1440. The lowest BCUT2D eigenvalue weighted by atomic mass is 9.74. The van der Waals surface area contributed by atoms with E-state index in [2.05, 4.69) is 15.0 Å². The minimum absolute atomic E-state index is 0.0128. The number of rotatable bonds is 5. The largest absolute Gasteiger partial charge is 0.456 e. The molecule has 0 bridgehead atoms. The van der Waals surface area contributed by atoms with E-state index < -0.39 is 36.5 Å². The molecule has 200 valence electrons. The lowest BCUT2D eigenvalue weighted by Gasteiger charge is -2.49. The Hall–Kier alpha value is -3.31. The summed E-state index contributed by atoms with van der Waals surface area (Å²) in [5, 5.41) is 0.0128. The zero-order chi connectivity index (χ0) is 26.8. The number of hydrogen-bond donors (Lipinski definition) is 0. The average Bonchev–Trinajstić information content (AvgIpc) is 3.52. The van der Waals surface area contributed by atoms with E-state index in [1.165, 1.54) is 26.2 Å². The number of hydrogen-bond acceptors (Lipinski definition) is 9. The number of carbonyl (C=O) groups is 2. The molecule has 3 aromatic rings. The predicted octanol–water partition coefficient (Wildman–Crippen LogP) is 3.49. The Morgan fingerprint density at radius 3 is 2.63 bits per heavy atom. The van der Waals surface area contributed by atoms with Crippen molar-refractivity contribution in [3.63, 3.8) is 0 Å². The summed E-state index contributed by atoms with van der Waals surface area (Å²) in [7, 11) is 0. The molecule has 12 heteroatoms. The van der Waals surface area contributed by atoms with E-state index >= 15 is 0 Å². The predicted molar refractivity (Wildman–Crippen MR) is 134 cm³/mol. The van der Waals surface area contributed by atoms with Crippen molar-refractivity contribution in [1.29, 1.82) is 0 Å². The van der Waals surface area contributed by atoms with Crippen molar-refractivity contribution in [2.45, 2.75) is 70.0 Å². The maximum atomic E-state index is 14.8. The zero-order valence-corrected chi connectivity index (χ0v) is 21.9. The van der Waals surface area contributed by atoms with Crippen LogP contribution in [0.25, 0.3) is 11.2 Å². The Morgan fingerprint density at radius 1 is 1.18 bits per heavy atom. The number of carbonyl (C=O) groups excluding carboxylic acids is 2. The highest BCUT2D eigenvalue weighted by molar-refractivity contribution is 6.28. The zero-order valence-electron chi connectivity index (χ0n) is 21.2. The van der Waals surface area contributed by atoms with Gasteiger partial charge in [0, 0.05) is 37.9 Å². The maximum Gasteiger partial charge on any atom is 0.303 e. The standard InChI is InChI=1S/C26H27ClFN5O5/c1-4-17-20(36-13(2)34)21(37-14(3)35)24(38-17)33-12-29-19-22(30-25(27)31-23(19)33)32-10-26(11-32)9-8-15-6-5-7-16(28)18(15)26/h5-7,12,17,20-21,24H,4,8-11H2,1-3H3/t17-,20?,21+,24-/m1/s1. The van der Waals surface area contributed by atoms with Crippen molar-refractivity contribution in [3.8, 4) is 0 Å². The van der Waals surface area contributed by atoms with Crippen LogP contribution in [-0.2, 0) is 35.6 Å². The van der Waals surface area contributed by atoms with Gasteiger partial charge in [0.2, 0.25) is 5.28 Å². The van der Waals surface area contributed by atoms with Gasteiger partial charge in [0.15, 0.2) is 35.4 Å². The normalized spacial score (nSPS) is 25.4. The van der Waals surface area contributed by atoms with E-state index in [1.54, 1.807) is 10.6 Å². The topological polar surface area (TPSA) is 109 Å². The first-order chi connectivity index (χ1) is 18.2. The highest BCUT2D eigenvalue weighted by Gasteiger charge is 2.52. The second kappa shape index (κ2) is 9.16. The van der Waals surface area contributed by atoms with Gasteiger partial charge in [-0.2, -0.15) is 9.97 Å². The summed E-state index contributed by atoms with van der Waals surface area (Å²) in [5.74, 6) is -0.669. The molecule has 2 aliphatic heterocycles. The van der Waals surface area contributed by atoms with Gasteiger partial charge in [0.1, 0.15) is 11.9 Å². The summed E-state index contributed by atoms with van der Waals surface area (Å²) in [5.41, 5.74) is 2.46. The van der Waals surface area contributed by atoms with Gasteiger partial charge < -0.3 is 19.1 Å². The number of fused-ring (bicyclic) bond motifs is 3. The first-order valence-corrected chi connectivity index (χ1v) is 13.0. The third kappa shape index (κ3) is 3.90. The molecule has 3 aliphatic rings. The Balaban J connectivity index is 1.35. The number of benzene rings is 1. The Morgan fingerprint density at radius 2 is 1.92 bits per heavy atom. The van der Waals surface area contributed by atoms with Crippen LogP contribution >= 0.6 is 11.6 Å². The molecule has 1 spiro atoms. The second-order valence-corrected chi connectivity index (χ2v) is 10.5. The molecular weight excluding hydrogens is 517 g/mol. The fraction of sp³-hybridized carbons (Fsp3) is 0.500. The Labute approximate surface area is 223 Å². The first kappa shape index (κ1) is 25.0. The number of nitrogens with zero attached hydrogens (tertiary/aromatic N) is 5. The second-order valence-electron chi connectivity index (χ2n) is 10.2. The summed E-state index contributed by atoms with van der Waals surface area (Å²) in [4.78, 5) is 39.2. The molecule has 6 rings (SSSR count). The van der Waals surface area contributed by atoms with E-state index in [9.17, 15) is 14.0 Å². The molecule has 4 atom stereocenters. The van der Waals surface area contributed by atoms with Gasteiger partial charge in [0.25, 0.3) is 0 Å². The van der Waals surface area contributed by atoms with Crippen molar-refractivity contribution in [1.82, 2.24) is 19.5 Å². The lowest BCUT2D eigenvalue weighted by molar-refractivity contribution is -0.165. The van der Waals surface area contributed by atoms with Crippen molar-refractivity contribution < 1.29 is 28.2 Å². The van der Waals surface area contributed by atoms with Crippen LogP contribution in [0.15, 0.2) is 24.5 Å². The molecule has 0 amide bonds. The summed E-state index contributed by atoms with van der Waals surface area (Å²) in [6.07, 6.45) is 0.692. The minimum atomic E-state index is -0.916. The molecule has 2 aromatic heterocycles. The third-order valence-electron chi connectivity index (χ3n) is 7.73. The highest BCUT2D eigenvalue weighted by atomic mass is 35.5. The quantitative estimate of drug-likeness (QED) is 0.353. The number of aromatic nitrogens is 4. The summed E-state index contributed by atoms with van der Waals surface area (Å²) >= 11 is 6.37. The minimum Gasteiger partial charge on any atom is -0.456 e. The van der Waals surface area contributed by atoms with Gasteiger partial charge >= 0.3 is 11.9 Å². The number of esters is 2. The van der Waals surface area contributed by atoms with Crippen LogP contribution in [0.4, 0.5) is 10.2 Å². The number of imidazole rings is 1. The molecule has 4 heterocycles. The highest BCUT2D eigenvalue weighted by Crippen LogP contribution is 2.48. The number of aryl methyl sites for hydroxylation is 1. The van der Waals surface area contributed by atoms with Gasteiger partial charge in [-0.1, -0.05) is 19.1 Å². The van der Waals surface area contributed by atoms with Gasteiger partial charge in [-0.15, -0.1) is 0 Å².